The monoisotopic (exact) mass is 536 g/mol. The normalized spacial score (nSPS) is 12.3. The lowest BCUT2D eigenvalue weighted by atomic mass is 10.1. The number of amides is 2. The summed E-state index contributed by atoms with van der Waals surface area (Å²) in [5, 5.41) is 3.37. The van der Waals surface area contributed by atoms with Crippen LogP contribution in [0, 0.1) is 13.8 Å². The highest BCUT2D eigenvalue weighted by molar-refractivity contribution is 7.90. The van der Waals surface area contributed by atoms with E-state index < -0.39 is 28.7 Å². The van der Waals surface area contributed by atoms with Crippen LogP contribution in [0.25, 0.3) is 0 Å². The lowest BCUT2D eigenvalue weighted by Gasteiger charge is -2.33. The molecule has 0 saturated heterocycles. The van der Waals surface area contributed by atoms with Gasteiger partial charge in [0, 0.05) is 32.2 Å². The van der Waals surface area contributed by atoms with Crippen LogP contribution in [-0.4, -0.2) is 62.7 Å². The average molecular weight is 537 g/mol. The van der Waals surface area contributed by atoms with E-state index in [1.165, 1.54) is 19.0 Å². The van der Waals surface area contributed by atoms with Crippen LogP contribution in [-0.2, 0) is 26.3 Å². The molecule has 198 valence electrons. The molecule has 0 radical (unpaired) electrons. The second-order valence-corrected chi connectivity index (χ2v) is 11.6. The Kier molecular flexibility index (Phi) is 10.8. The quantitative estimate of drug-likeness (QED) is 0.416. The molecule has 0 aliphatic heterocycles. The topological polar surface area (TPSA) is 90.0 Å². The summed E-state index contributed by atoms with van der Waals surface area (Å²) in [5.41, 5.74) is 2.73. The minimum absolute atomic E-state index is 0.102. The van der Waals surface area contributed by atoms with Gasteiger partial charge in [0.2, 0.25) is 11.8 Å². The fourth-order valence-electron chi connectivity index (χ4n) is 3.64. The molecule has 0 aliphatic rings. The van der Waals surface area contributed by atoms with Crippen molar-refractivity contribution in [1.29, 1.82) is 0 Å². The largest absolute Gasteiger partial charge is 0.354 e. The highest BCUT2D eigenvalue weighted by Crippen LogP contribution is 2.26. The van der Waals surface area contributed by atoms with Crippen LogP contribution in [0.2, 0.25) is 5.02 Å². The molecule has 1 atom stereocenters. The summed E-state index contributed by atoms with van der Waals surface area (Å²) in [5.74, 6) is -0.799. The molecule has 0 aliphatic carbocycles. The molecule has 0 heterocycles. The number of rotatable bonds is 12. The maximum atomic E-state index is 13.7. The highest BCUT2D eigenvalue weighted by atomic mass is 35.5. The average Bonchev–Trinajstić information content (AvgIpc) is 2.82. The molecule has 0 spiro atoms. The van der Waals surface area contributed by atoms with Crippen molar-refractivity contribution >= 4 is 39.3 Å². The second-order valence-electron chi connectivity index (χ2n) is 9.06. The third-order valence-corrected chi connectivity index (χ3v) is 7.93. The zero-order valence-electron chi connectivity index (χ0n) is 21.9. The first-order chi connectivity index (χ1) is 16.9. The molecule has 0 fully saturated rings. The molecule has 8 nitrogen and oxygen atoms in total. The first-order valence-corrected chi connectivity index (χ1v) is 13.7. The van der Waals surface area contributed by atoms with E-state index in [1.54, 1.807) is 38.1 Å². The van der Waals surface area contributed by atoms with Crippen molar-refractivity contribution in [2.75, 3.05) is 31.5 Å². The van der Waals surface area contributed by atoms with Gasteiger partial charge in [-0.3, -0.25) is 9.59 Å². The first-order valence-electron chi connectivity index (χ1n) is 12.0. The Morgan fingerprint density at radius 2 is 1.78 bits per heavy atom. The number of nitrogens with zero attached hydrogens (tertiary/aromatic N) is 3. The number of unbranched alkanes of at least 4 members (excludes halogenated alkanes) is 1. The summed E-state index contributed by atoms with van der Waals surface area (Å²) >= 11 is 6.15. The van der Waals surface area contributed by atoms with Crippen molar-refractivity contribution in [3.8, 4) is 0 Å². The van der Waals surface area contributed by atoms with Gasteiger partial charge in [-0.05, 0) is 62.1 Å². The van der Waals surface area contributed by atoms with Gasteiger partial charge >= 0.3 is 10.2 Å². The molecule has 10 heteroatoms. The van der Waals surface area contributed by atoms with E-state index in [9.17, 15) is 18.0 Å². The number of aryl methyl sites for hydroxylation is 2. The molecular weight excluding hydrogens is 500 g/mol. The number of hydrogen-bond acceptors (Lipinski definition) is 4. The molecule has 1 N–H and O–H groups in total. The van der Waals surface area contributed by atoms with Gasteiger partial charge in [-0.1, -0.05) is 49.2 Å². The first kappa shape index (κ1) is 29.6. The molecule has 36 heavy (non-hydrogen) atoms. The summed E-state index contributed by atoms with van der Waals surface area (Å²) in [7, 11) is -1.16. The fraction of sp³-hybridized carbons (Fsp3) is 0.462. The van der Waals surface area contributed by atoms with Crippen LogP contribution in [0.5, 0.6) is 0 Å². The predicted octanol–water partition coefficient (Wildman–Crippen LogP) is 3.90. The van der Waals surface area contributed by atoms with Crippen LogP contribution in [0.4, 0.5) is 5.69 Å². The number of carbonyl (C=O) groups excluding carboxylic acids is 2. The molecule has 0 bridgehead atoms. The van der Waals surface area contributed by atoms with E-state index in [0.717, 1.165) is 32.6 Å². The Morgan fingerprint density at radius 3 is 2.39 bits per heavy atom. The van der Waals surface area contributed by atoms with Crippen LogP contribution in [0.1, 0.15) is 43.4 Å². The Bertz CT molecular complexity index is 1170. The van der Waals surface area contributed by atoms with E-state index in [1.807, 2.05) is 32.0 Å². The van der Waals surface area contributed by atoms with Crippen LogP contribution in [0.15, 0.2) is 42.5 Å². The number of nitrogens with one attached hydrogen (secondary N) is 1. The lowest BCUT2D eigenvalue weighted by Crippen LogP contribution is -2.52. The zero-order chi connectivity index (χ0) is 27.0. The minimum Gasteiger partial charge on any atom is -0.354 e. The number of hydrogen-bond donors (Lipinski definition) is 1. The smallest absolute Gasteiger partial charge is 0.304 e. The molecule has 2 aromatic rings. The van der Waals surface area contributed by atoms with Gasteiger partial charge < -0.3 is 10.2 Å². The van der Waals surface area contributed by atoms with Gasteiger partial charge in [-0.25, -0.2) is 4.31 Å². The summed E-state index contributed by atoms with van der Waals surface area (Å²) < 4.78 is 28.8. The predicted molar refractivity (Wildman–Crippen MR) is 145 cm³/mol. The fourth-order valence-corrected chi connectivity index (χ4v) is 4.97. The molecule has 2 aromatic carbocycles. The molecule has 0 saturated carbocycles. The van der Waals surface area contributed by atoms with Crippen LogP contribution < -0.4 is 9.62 Å². The Balaban J connectivity index is 2.47. The maximum Gasteiger partial charge on any atom is 0.304 e. The molecule has 0 aromatic heterocycles. The Labute approximate surface area is 220 Å². The maximum absolute atomic E-state index is 13.7. The summed E-state index contributed by atoms with van der Waals surface area (Å²) in [6.45, 7) is 7.47. The highest BCUT2D eigenvalue weighted by Gasteiger charge is 2.33. The summed E-state index contributed by atoms with van der Waals surface area (Å²) in [6, 6.07) is 11.7. The van der Waals surface area contributed by atoms with Gasteiger partial charge in [0.25, 0.3) is 0 Å². The van der Waals surface area contributed by atoms with Crippen molar-refractivity contribution in [3.63, 3.8) is 0 Å². The number of anilines is 1. The van der Waals surface area contributed by atoms with Crippen molar-refractivity contribution in [2.24, 2.45) is 0 Å². The number of carbonyl (C=O) groups is 2. The third kappa shape index (κ3) is 7.69. The van der Waals surface area contributed by atoms with E-state index in [0.29, 0.717) is 22.8 Å². The third-order valence-electron chi connectivity index (χ3n) is 5.89. The number of halogens is 1. The standard InChI is InChI=1S/C26H37ClN4O4S/c1-7-8-14-28-26(33)21(4)30(17-22-10-9-11-23(27)16-22)25(32)18-31(36(34,35)29(5)6)24-15-19(2)12-13-20(24)3/h9-13,15-16,21H,7-8,14,17-18H2,1-6H3,(H,28,33)/t21-/m1/s1. The summed E-state index contributed by atoms with van der Waals surface area (Å²) in [4.78, 5) is 28.1. The molecular formula is C26H37ClN4O4S. The van der Waals surface area contributed by atoms with E-state index in [-0.39, 0.29) is 12.5 Å². The van der Waals surface area contributed by atoms with Crippen LogP contribution >= 0.6 is 11.6 Å². The SMILES string of the molecule is CCCCNC(=O)[C@@H](C)N(Cc1cccc(Cl)c1)C(=O)CN(c1cc(C)ccc1C)S(=O)(=O)N(C)C. The zero-order valence-corrected chi connectivity index (χ0v) is 23.5. The van der Waals surface area contributed by atoms with Gasteiger partial charge in [0.15, 0.2) is 0 Å². The number of benzene rings is 2. The van der Waals surface area contributed by atoms with Crippen molar-refractivity contribution < 1.29 is 18.0 Å². The van der Waals surface area contributed by atoms with Gasteiger partial charge in [-0.2, -0.15) is 12.7 Å². The minimum atomic E-state index is -4.01. The molecule has 2 amide bonds. The van der Waals surface area contributed by atoms with Crippen molar-refractivity contribution in [3.05, 3.63) is 64.2 Å². The van der Waals surface area contributed by atoms with Crippen LogP contribution in [0.3, 0.4) is 0 Å². The lowest BCUT2D eigenvalue weighted by molar-refractivity contribution is -0.139. The van der Waals surface area contributed by atoms with Crippen molar-refractivity contribution in [2.45, 2.75) is 53.1 Å². The summed E-state index contributed by atoms with van der Waals surface area (Å²) in [6.07, 6.45) is 1.75. The molecule has 2 rings (SSSR count). The molecule has 0 unspecified atom stereocenters. The Morgan fingerprint density at radius 1 is 1.08 bits per heavy atom. The van der Waals surface area contributed by atoms with E-state index >= 15 is 0 Å². The van der Waals surface area contributed by atoms with Gasteiger partial charge in [0.1, 0.15) is 12.6 Å². The Hall–Kier alpha value is -2.62. The second kappa shape index (κ2) is 13.1. The van der Waals surface area contributed by atoms with Gasteiger partial charge in [0.05, 0.1) is 5.69 Å². The van der Waals surface area contributed by atoms with E-state index in [4.69, 9.17) is 11.6 Å². The van der Waals surface area contributed by atoms with E-state index in [2.05, 4.69) is 5.32 Å². The van der Waals surface area contributed by atoms with Gasteiger partial charge in [-0.15, -0.1) is 0 Å². The van der Waals surface area contributed by atoms with Crippen molar-refractivity contribution in [1.82, 2.24) is 14.5 Å².